The highest BCUT2D eigenvalue weighted by atomic mass is 32.2. The van der Waals surface area contributed by atoms with Gasteiger partial charge in [0.15, 0.2) is 0 Å². The van der Waals surface area contributed by atoms with E-state index < -0.39 is 68.4 Å². The molecule has 1 aliphatic rings. The van der Waals surface area contributed by atoms with Crippen LogP contribution in [0.3, 0.4) is 0 Å². The van der Waals surface area contributed by atoms with Gasteiger partial charge in [0, 0.05) is 17.5 Å². The van der Waals surface area contributed by atoms with Crippen molar-refractivity contribution in [2.75, 3.05) is 26.8 Å². The lowest BCUT2D eigenvalue weighted by atomic mass is 9.79. The molecular formula is C25H28F10NO5S+. The van der Waals surface area contributed by atoms with E-state index in [0.29, 0.717) is 24.0 Å². The Morgan fingerprint density at radius 1 is 0.976 bits per heavy atom. The Labute approximate surface area is 234 Å². The van der Waals surface area contributed by atoms with Crippen LogP contribution < -0.4 is 0 Å². The van der Waals surface area contributed by atoms with Gasteiger partial charge in [-0.15, -0.1) is 0 Å². The zero-order valence-corrected chi connectivity index (χ0v) is 22.8. The lowest BCUT2D eigenvalue weighted by molar-refractivity contribution is -0.939. The predicted molar refractivity (Wildman–Crippen MR) is 129 cm³/mol. The molecule has 0 aliphatic heterocycles. The number of carbonyl (C=O) groups excluding carboxylic acids is 1. The van der Waals surface area contributed by atoms with Gasteiger partial charge in [-0.1, -0.05) is 55.0 Å². The first-order valence-corrected chi connectivity index (χ1v) is 13.7. The summed E-state index contributed by atoms with van der Waals surface area (Å²) >= 11 is 0. The van der Waals surface area contributed by atoms with Gasteiger partial charge in [0.05, 0.1) is 5.41 Å². The van der Waals surface area contributed by atoms with Gasteiger partial charge in [0.1, 0.15) is 20.2 Å². The first kappa shape index (κ1) is 35.5. The standard InChI is InChI=1S/C25H28F10NO5S/c1-36(35,42(39,40)25(33,34)23(28,29)22(26,27)24(30,31)32)16-21(17-41-20(38)10-6-3-7-15-37)13-11-19(12-14-21)18-8-4-2-5-9-18/h2,4-5,8-9,11-13,37H,3,6-7,10,14-17H2,1H3/q+1. The van der Waals surface area contributed by atoms with Crippen LogP contribution in [0.5, 0.6) is 0 Å². The van der Waals surface area contributed by atoms with Gasteiger partial charge < -0.3 is 9.84 Å². The van der Waals surface area contributed by atoms with Gasteiger partial charge in [-0.2, -0.15) is 47.9 Å². The average Bonchev–Trinajstić information content (AvgIpc) is 2.89. The first-order valence-electron chi connectivity index (χ1n) is 12.3. The van der Waals surface area contributed by atoms with Gasteiger partial charge in [-0.05, 0) is 34.5 Å². The molecule has 6 nitrogen and oxygen atoms in total. The normalized spacial score (nSPS) is 20.1. The minimum atomic E-state index is -7.61. The quantitative estimate of drug-likeness (QED) is 0.113. The highest BCUT2D eigenvalue weighted by molar-refractivity contribution is 7.87. The summed E-state index contributed by atoms with van der Waals surface area (Å²) in [6, 6.07) is 8.24. The van der Waals surface area contributed by atoms with Crippen LogP contribution in [0.1, 0.15) is 37.7 Å². The number of halogens is 10. The number of esters is 1. The van der Waals surface area contributed by atoms with Crippen molar-refractivity contribution in [1.82, 2.24) is 0 Å². The topological polar surface area (TPSA) is 80.7 Å². The highest BCUT2D eigenvalue weighted by Crippen LogP contribution is 2.56. The number of alkyl halides is 9. The second-order valence-electron chi connectivity index (χ2n) is 9.90. The number of carbonyl (C=O) groups is 1. The third-order valence-electron chi connectivity index (χ3n) is 6.55. The number of aliphatic hydroxyl groups excluding tert-OH is 1. The van der Waals surface area contributed by atoms with Crippen molar-refractivity contribution >= 4 is 21.6 Å². The molecule has 0 fully saturated rings. The Morgan fingerprint density at radius 2 is 1.57 bits per heavy atom. The molecule has 1 aromatic rings. The van der Waals surface area contributed by atoms with E-state index in [4.69, 9.17) is 9.84 Å². The van der Waals surface area contributed by atoms with E-state index in [9.17, 15) is 52.7 Å². The van der Waals surface area contributed by atoms with Crippen LogP contribution in [0, 0.1) is 5.41 Å². The largest absolute Gasteiger partial charge is 0.467 e. The number of aliphatic hydroxyl groups is 1. The van der Waals surface area contributed by atoms with E-state index in [1.54, 1.807) is 30.3 Å². The fraction of sp³-hybridized carbons (Fsp3) is 0.560. The SMILES string of the molecule is C[N+](F)(CC1(COC(=O)CCCCCO)C=CC(c2ccccc2)=CC1)S(=O)(=O)C(F)(F)C(F)(F)C(F)(F)C(F)(F)F. The highest BCUT2D eigenvalue weighted by Gasteiger charge is 2.88. The van der Waals surface area contributed by atoms with Gasteiger partial charge in [0.25, 0.3) is 0 Å². The number of unbranched alkanes of at least 4 members (excludes halogenated alkanes) is 2. The van der Waals surface area contributed by atoms with Crippen LogP contribution in [-0.4, -0.2) is 73.7 Å². The van der Waals surface area contributed by atoms with Gasteiger partial charge in [0.2, 0.25) is 0 Å². The Kier molecular flexibility index (Phi) is 10.6. The third-order valence-corrected chi connectivity index (χ3v) is 8.59. The van der Waals surface area contributed by atoms with E-state index in [-0.39, 0.29) is 26.5 Å². The molecule has 238 valence electrons. The summed E-state index contributed by atoms with van der Waals surface area (Å²) in [4.78, 5) is 12.2. The molecule has 0 aromatic heterocycles. The van der Waals surface area contributed by atoms with E-state index in [1.807, 2.05) is 0 Å². The lowest BCUT2D eigenvalue weighted by Gasteiger charge is -2.38. The maximum Gasteiger partial charge on any atom is 0.467 e. The average molecular weight is 645 g/mol. The van der Waals surface area contributed by atoms with Crippen LogP contribution >= 0.6 is 0 Å². The molecule has 2 unspecified atom stereocenters. The van der Waals surface area contributed by atoms with Crippen molar-refractivity contribution in [3.8, 4) is 0 Å². The summed E-state index contributed by atoms with van der Waals surface area (Å²) in [5.74, 6) is -16.1. The predicted octanol–water partition coefficient (Wildman–Crippen LogP) is 6.20. The van der Waals surface area contributed by atoms with Crippen molar-refractivity contribution in [3.05, 3.63) is 54.1 Å². The zero-order valence-electron chi connectivity index (χ0n) is 22.0. The zero-order chi connectivity index (χ0) is 32.3. The molecule has 0 saturated carbocycles. The number of hydrogen-bond acceptors (Lipinski definition) is 5. The van der Waals surface area contributed by atoms with Crippen molar-refractivity contribution < 1.29 is 71.2 Å². The molecule has 0 bridgehead atoms. The molecule has 2 rings (SSSR count). The van der Waals surface area contributed by atoms with Crippen LogP contribution in [-0.2, 0) is 19.6 Å². The van der Waals surface area contributed by atoms with Crippen LogP contribution in [0.25, 0.3) is 5.57 Å². The molecule has 0 saturated heterocycles. The summed E-state index contributed by atoms with van der Waals surface area (Å²) in [5.41, 5.74) is -0.999. The van der Waals surface area contributed by atoms with E-state index in [1.165, 1.54) is 12.2 Å². The van der Waals surface area contributed by atoms with E-state index in [0.717, 1.165) is 6.08 Å². The maximum atomic E-state index is 15.6. The Morgan fingerprint density at radius 3 is 2.07 bits per heavy atom. The Bertz CT molecular complexity index is 1260. The Hall–Kier alpha value is -2.66. The molecule has 1 N–H and O–H groups in total. The first-order chi connectivity index (χ1) is 19.1. The van der Waals surface area contributed by atoms with Crippen LogP contribution in [0.4, 0.5) is 44.0 Å². The van der Waals surface area contributed by atoms with Crippen LogP contribution in [0.2, 0.25) is 0 Å². The number of benzene rings is 1. The van der Waals surface area contributed by atoms with Crippen molar-refractivity contribution in [1.29, 1.82) is 0 Å². The molecular weight excluding hydrogens is 616 g/mol. The van der Waals surface area contributed by atoms with Gasteiger partial charge >= 0.3 is 39.3 Å². The van der Waals surface area contributed by atoms with Crippen molar-refractivity contribution in [3.63, 3.8) is 0 Å². The fourth-order valence-electron chi connectivity index (χ4n) is 4.09. The number of hydrogen-bond donors (Lipinski definition) is 1. The fourth-order valence-corrected chi connectivity index (χ4v) is 5.45. The molecule has 42 heavy (non-hydrogen) atoms. The minimum Gasteiger partial charge on any atom is -0.464 e. The summed E-state index contributed by atoms with van der Waals surface area (Å²) in [5, 5.41) is 1.54. The number of allylic oxidation sites excluding steroid dienone is 3. The molecule has 1 aromatic carbocycles. The van der Waals surface area contributed by atoms with Crippen LogP contribution in [0.15, 0.2) is 48.6 Å². The third kappa shape index (κ3) is 6.93. The van der Waals surface area contributed by atoms with E-state index in [2.05, 4.69) is 0 Å². The summed E-state index contributed by atoms with van der Waals surface area (Å²) in [6.45, 7) is -2.79. The lowest BCUT2D eigenvalue weighted by Crippen LogP contribution is -2.67. The number of rotatable bonds is 14. The number of ether oxygens (including phenoxy) is 1. The van der Waals surface area contributed by atoms with Gasteiger partial charge in [-0.3, -0.25) is 4.79 Å². The number of sulfonamides is 1. The summed E-state index contributed by atoms with van der Waals surface area (Å²) in [6.07, 6.45) is -3.29. The van der Waals surface area contributed by atoms with Crippen molar-refractivity contribution in [2.45, 2.75) is 55.4 Å². The smallest absolute Gasteiger partial charge is 0.464 e. The number of nitrogens with zero attached hydrogens (tertiary/aromatic N) is 1. The molecule has 0 radical (unpaired) electrons. The monoisotopic (exact) mass is 644 g/mol. The molecule has 0 heterocycles. The molecule has 0 spiro atoms. The minimum absolute atomic E-state index is 0.154. The second-order valence-corrected chi connectivity index (χ2v) is 12.1. The second kappa shape index (κ2) is 12.5. The van der Waals surface area contributed by atoms with Gasteiger partial charge in [-0.25, -0.2) is 0 Å². The number of quaternary nitrogens is 1. The molecule has 2 atom stereocenters. The van der Waals surface area contributed by atoms with E-state index >= 15 is 4.48 Å². The molecule has 1 aliphatic carbocycles. The summed E-state index contributed by atoms with van der Waals surface area (Å²) in [7, 11) is -7.74. The van der Waals surface area contributed by atoms with Crippen molar-refractivity contribution in [2.24, 2.45) is 5.41 Å². The molecule has 0 amide bonds. The molecule has 17 heteroatoms. The maximum absolute atomic E-state index is 15.6. The summed E-state index contributed by atoms with van der Waals surface area (Å²) < 4.78 is 163. The Balaban J connectivity index is 2.44.